The molecule has 0 spiro atoms. The lowest BCUT2D eigenvalue weighted by molar-refractivity contribution is 0.145. The van der Waals surface area contributed by atoms with Crippen LogP contribution in [-0.2, 0) is 27.9 Å². The zero-order chi connectivity index (χ0) is 16.7. The summed E-state index contributed by atoms with van der Waals surface area (Å²) in [5.74, 6) is 0. The number of aromatic amines is 1. The van der Waals surface area contributed by atoms with Gasteiger partial charge in [0.2, 0.25) is 0 Å². The van der Waals surface area contributed by atoms with Crippen molar-refractivity contribution in [1.82, 2.24) is 13.6 Å². The Morgan fingerprint density at radius 2 is 2.12 bits per heavy atom. The van der Waals surface area contributed by atoms with E-state index in [1.54, 1.807) is 15.7 Å². The number of H-pyrrole nitrogens is 1. The number of hydrogen-bond donors (Lipinski definition) is 1. The summed E-state index contributed by atoms with van der Waals surface area (Å²) in [4.78, 5) is 3.43. The number of ether oxygens (including phenoxy) is 1. The Bertz CT molecular complexity index is 846. The van der Waals surface area contributed by atoms with Gasteiger partial charge in [0.05, 0.1) is 6.61 Å². The standard InChI is InChI=1S/C17H23N3O3S/c1-23-12-13-5-4-9-20(13)24(21,22)19-10-8-17-15(11-19)14-6-2-3-7-16(14)18-17/h2-3,6-7,13,18H,4-5,8-12H2,1H3. The molecule has 3 heterocycles. The Balaban J connectivity index is 1.64. The van der Waals surface area contributed by atoms with E-state index in [4.69, 9.17) is 4.74 Å². The van der Waals surface area contributed by atoms with Gasteiger partial charge in [0.15, 0.2) is 0 Å². The maximum atomic E-state index is 13.1. The van der Waals surface area contributed by atoms with Crippen LogP contribution in [0.3, 0.4) is 0 Å². The number of methoxy groups -OCH3 is 1. The molecule has 2 aromatic rings. The third-order valence-electron chi connectivity index (χ3n) is 5.15. The summed E-state index contributed by atoms with van der Waals surface area (Å²) >= 11 is 0. The maximum absolute atomic E-state index is 13.1. The number of nitrogens with one attached hydrogen (secondary N) is 1. The van der Waals surface area contributed by atoms with Gasteiger partial charge in [-0.1, -0.05) is 18.2 Å². The summed E-state index contributed by atoms with van der Waals surface area (Å²) in [6.07, 6.45) is 2.50. The number of aromatic nitrogens is 1. The molecule has 6 nitrogen and oxygen atoms in total. The third kappa shape index (κ3) is 2.56. The molecule has 2 aliphatic rings. The van der Waals surface area contributed by atoms with Crippen LogP contribution < -0.4 is 0 Å². The van der Waals surface area contributed by atoms with Gasteiger partial charge in [0, 0.05) is 55.8 Å². The van der Waals surface area contributed by atoms with Crippen LogP contribution in [0.25, 0.3) is 10.9 Å². The Morgan fingerprint density at radius 3 is 2.96 bits per heavy atom. The van der Waals surface area contributed by atoms with Crippen molar-refractivity contribution in [2.75, 3.05) is 26.8 Å². The molecular weight excluding hydrogens is 326 g/mol. The van der Waals surface area contributed by atoms with E-state index >= 15 is 0 Å². The predicted octanol–water partition coefficient (Wildman–Crippen LogP) is 1.88. The first kappa shape index (κ1) is 16.1. The molecule has 2 aliphatic heterocycles. The van der Waals surface area contributed by atoms with Crippen LogP contribution >= 0.6 is 0 Å². The maximum Gasteiger partial charge on any atom is 0.282 e. The number of rotatable bonds is 4. The molecule has 1 N–H and O–H groups in total. The van der Waals surface area contributed by atoms with Crippen LogP contribution in [0, 0.1) is 0 Å². The van der Waals surface area contributed by atoms with Crippen molar-refractivity contribution >= 4 is 21.1 Å². The largest absolute Gasteiger partial charge is 0.383 e. The van der Waals surface area contributed by atoms with Gasteiger partial charge in [0.25, 0.3) is 10.2 Å². The number of fused-ring (bicyclic) bond motifs is 3. The topological polar surface area (TPSA) is 65.6 Å². The highest BCUT2D eigenvalue weighted by Gasteiger charge is 2.39. The molecule has 0 amide bonds. The minimum atomic E-state index is -3.45. The van der Waals surface area contributed by atoms with Crippen molar-refractivity contribution in [1.29, 1.82) is 0 Å². The van der Waals surface area contributed by atoms with Gasteiger partial charge in [-0.2, -0.15) is 17.0 Å². The Kier molecular flexibility index (Phi) is 4.12. The van der Waals surface area contributed by atoms with Gasteiger partial charge in [-0.25, -0.2) is 0 Å². The summed E-state index contributed by atoms with van der Waals surface area (Å²) in [5.41, 5.74) is 3.36. The Morgan fingerprint density at radius 1 is 1.29 bits per heavy atom. The molecule has 0 bridgehead atoms. The van der Waals surface area contributed by atoms with Gasteiger partial charge in [-0.05, 0) is 24.5 Å². The van der Waals surface area contributed by atoms with E-state index in [1.165, 1.54) is 0 Å². The van der Waals surface area contributed by atoms with Gasteiger partial charge >= 0.3 is 0 Å². The summed E-state index contributed by atoms with van der Waals surface area (Å²) in [6, 6.07) is 8.06. The first-order valence-electron chi connectivity index (χ1n) is 8.45. The highest BCUT2D eigenvalue weighted by Crippen LogP contribution is 2.31. The van der Waals surface area contributed by atoms with E-state index in [0.717, 1.165) is 41.4 Å². The smallest absolute Gasteiger partial charge is 0.282 e. The summed E-state index contributed by atoms with van der Waals surface area (Å²) in [6.45, 7) is 2.02. The predicted molar refractivity (Wildman–Crippen MR) is 92.9 cm³/mol. The highest BCUT2D eigenvalue weighted by atomic mass is 32.2. The SMILES string of the molecule is COCC1CCCN1S(=O)(=O)N1CCc2[nH]c3ccccc3c2C1. The summed E-state index contributed by atoms with van der Waals surface area (Å²) in [5, 5.41) is 1.13. The van der Waals surface area contributed by atoms with Gasteiger partial charge in [-0.3, -0.25) is 0 Å². The summed E-state index contributed by atoms with van der Waals surface area (Å²) < 4.78 is 34.7. The van der Waals surface area contributed by atoms with E-state index in [1.807, 2.05) is 18.2 Å². The van der Waals surface area contributed by atoms with Crippen LogP contribution in [0.5, 0.6) is 0 Å². The van der Waals surface area contributed by atoms with Crippen LogP contribution in [0.1, 0.15) is 24.1 Å². The molecule has 130 valence electrons. The first-order valence-corrected chi connectivity index (χ1v) is 9.85. The minimum Gasteiger partial charge on any atom is -0.383 e. The van der Waals surface area contributed by atoms with E-state index in [2.05, 4.69) is 11.1 Å². The lowest BCUT2D eigenvalue weighted by Gasteiger charge is -2.33. The summed E-state index contributed by atoms with van der Waals surface area (Å²) in [7, 11) is -1.82. The zero-order valence-electron chi connectivity index (χ0n) is 13.9. The van der Waals surface area contributed by atoms with Gasteiger partial charge < -0.3 is 9.72 Å². The average molecular weight is 349 g/mol. The molecular formula is C17H23N3O3S. The molecule has 1 atom stereocenters. The lowest BCUT2D eigenvalue weighted by Crippen LogP contribution is -2.48. The second kappa shape index (κ2) is 6.15. The molecule has 0 radical (unpaired) electrons. The molecule has 1 aromatic heterocycles. The van der Waals surface area contributed by atoms with E-state index in [0.29, 0.717) is 26.2 Å². The Hall–Kier alpha value is -1.41. The molecule has 0 saturated carbocycles. The number of hydrogen-bond acceptors (Lipinski definition) is 3. The number of benzene rings is 1. The third-order valence-corrected chi connectivity index (χ3v) is 7.19. The molecule has 0 aliphatic carbocycles. The fraction of sp³-hybridized carbons (Fsp3) is 0.529. The normalized spacial score (nSPS) is 23.0. The fourth-order valence-corrected chi connectivity index (χ4v) is 5.77. The fourth-order valence-electron chi connectivity index (χ4n) is 3.96. The zero-order valence-corrected chi connectivity index (χ0v) is 14.7. The molecule has 1 unspecified atom stereocenters. The second-order valence-corrected chi connectivity index (χ2v) is 8.46. The molecule has 24 heavy (non-hydrogen) atoms. The minimum absolute atomic E-state index is 0.0376. The van der Waals surface area contributed by atoms with Crippen LogP contribution in [0.2, 0.25) is 0 Å². The van der Waals surface area contributed by atoms with Gasteiger partial charge in [-0.15, -0.1) is 0 Å². The van der Waals surface area contributed by atoms with E-state index < -0.39 is 10.2 Å². The molecule has 1 fully saturated rings. The molecule has 7 heteroatoms. The van der Waals surface area contributed by atoms with Crippen molar-refractivity contribution in [3.63, 3.8) is 0 Å². The van der Waals surface area contributed by atoms with Crippen molar-refractivity contribution in [2.24, 2.45) is 0 Å². The number of nitrogens with zero attached hydrogens (tertiary/aromatic N) is 2. The number of para-hydroxylation sites is 1. The van der Waals surface area contributed by atoms with Crippen molar-refractivity contribution in [3.8, 4) is 0 Å². The quantitative estimate of drug-likeness (QED) is 0.917. The molecule has 4 rings (SSSR count). The van der Waals surface area contributed by atoms with E-state index in [-0.39, 0.29) is 6.04 Å². The van der Waals surface area contributed by atoms with Crippen LogP contribution in [0.15, 0.2) is 24.3 Å². The van der Waals surface area contributed by atoms with E-state index in [9.17, 15) is 8.42 Å². The van der Waals surface area contributed by atoms with Crippen LogP contribution in [-0.4, -0.2) is 54.9 Å². The van der Waals surface area contributed by atoms with Gasteiger partial charge in [0.1, 0.15) is 0 Å². The highest BCUT2D eigenvalue weighted by molar-refractivity contribution is 7.86. The molecule has 1 aromatic carbocycles. The van der Waals surface area contributed by atoms with Crippen molar-refractivity contribution < 1.29 is 13.2 Å². The van der Waals surface area contributed by atoms with Crippen LogP contribution in [0.4, 0.5) is 0 Å². The van der Waals surface area contributed by atoms with Crippen molar-refractivity contribution in [3.05, 3.63) is 35.5 Å². The molecule has 1 saturated heterocycles. The lowest BCUT2D eigenvalue weighted by atomic mass is 10.1. The monoisotopic (exact) mass is 349 g/mol. The van der Waals surface area contributed by atoms with Crippen molar-refractivity contribution in [2.45, 2.75) is 31.8 Å². The second-order valence-electron chi connectivity index (χ2n) is 6.58. The average Bonchev–Trinajstić information content (AvgIpc) is 3.19. The first-order chi connectivity index (χ1) is 11.6. The Labute approximate surface area is 142 Å².